The van der Waals surface area contributed by atoms with E-state index in [2.05, 4.69) is 10.3 Å². The molecule has 2 aromatic rings. The van der Waals surface area contributed by atoms with Gasteiger partial charge in [0.15, 0.2) is 0 Å². The molecule has 0 saturated carbocycles. The molecule has 0 fully saturated rings. The van der Waals surface area contributed by atoms with Gasteiger partial charge in [0.2, 0.25) is 0 Å². The van der Waals surface area contributed by atoms with Crippen molar-refractivity contribution in [2.75, 3.05) is 6.54 Å². The highest BCUT2D eigenvalue weighted by Crippen LogP contribution is 2.12. The zero-order valence-corrected chi connectivity index (χ0v) is 10.6. The Bertz CT molecular complexity index is 439. The summed E-state index contributed by atoms with van der Waals surface area (Å²) in [6.07, 6.45) is -0.464. The summed E-state index contributed by atoms with van der Waals surface area (Å²) in [6, 6.07) is 7.95. The Kier molecular flexibility index (Phi) is 4.25. The standard InChI is InChI=1S/C13H16N2OS/c1-10-2-4-11(5-3-10)13(16)7-14-6-12-8-17-9-15-12/h2-5,8-9,13-14,16H,6-7H2,1H3. The molecule has 2 rings (SSSR count). The summed E-state index contributed by atoms with van der Waals surface area (Å²) in [5, 5.41) is 15.2. The van der Waals surface area contributed by atoms with E-state index in [1.54, 1.807) is 11.3 Å². The van der Waals surface area contributed by atoms with E-state index in [9.17, 15) is 5.11 Å². The van der Waals surface area contributed by atoms with Crippen molar-refractivity contribution >= 4 is 11.3 Å². The largest absolute Gasteiger partial charge is 0.387 e. The van der Waals surface area contributed by atoms with Gasteiger partial charge in [0, 0.05) is 18.5 Å². The fourth-order valence-electron chi connectivity index (χ4n) is 1.57. The molecule has 2 N–H and O–H groups in total. The first-order chi connectivity index (χ1) is 8.25. The third-order valence-electron chi connectivity index (χ3n) is 2.59. The van der Waals surface area contributed by atoms with Crippen molar-refractivity contribution in [1.29, 1.82) is 0 Å². The van der Waals surface area contributed by atoms with Crippen LogP contribution in [0.3, 0.4) is 0 Å². The van der Waals surface area contributed by atoms with E-state index in [4.69, 9.17) is 0 Å². The third kappa shape index (κ3) is 3.63. The smallest absolute Gasteiger partial charge is 0.0914 e. The predicted molar refractivity (Wildman–Crippen MR) is 70.0 cm³/mol. The van der Waals surface area contributed by atoms with Crippen molar-refractivity contribution in [2.45, 2.75) is 19.6 Å². The molecule has 1 aromatic carbocycles. The fourth-order valence-corrected chi connectivity index (χ4v) is 2.13. The second-order valence-electron chi connectivity index (χ2n) is 4.04. The lowest BCUT2D eigenvalue weighted by atomic mass is 10.1. The van der Waals surface area contributed by atoms with Crippen LogP contribution in [-0.4, -0.2) is 16.6 Å². The van der Waals surface area contributed by atoms with Crippen LogP contribution in [-0.2, 0) is 6.54 Å². The summed E-state index contributed by atoms with van der Waals surface area (Å²) in [4.78, 5) is 4.17. The summed E-state index contributed by atoms with van der Waals surface area (Å²) < 4.78 is 0. The molecule has 0 spiro atoms. The highest BCUT2D eigenvalue weighted by atomic mass is 32.1. The lowest BCUT2D eigenvalue weighted by Crippen LogP contribution is -2.21. The van der Waals surface area contributed by atoms with E-state index in [-0.39, 0.29) is 0 Å². The monoisotopic (exact) mass is 248 g/mol. The second kappa shape index (κ2) is 5.91. The number of aliphatic hydroxyl groups is 1. The van der Waals surface area contributed by atoms with Crippen molar-refractivity contribution in [1.82, 2.24) is 10.3 Å². The van der Waals surface area contributed by atoms with Gasteiger partial charge in [-0.15, -0.1) is 11.3 Å². The van der Waals surface area contributed by atoms with Gasteiger partial charge in [-0.2, -0.15) is 0 Å². The highest BCUT2D eigenvalue weighted by Gasteiger charge is 2.06. The van der Waals surface area contributed by atoms with Crippen LogP contribution in [0.1, 0.15) is 22.9 Å². The van der Waals surface area contributed by atoms with Crippen LogP contribution in [0.25, 0.3) is 0 Å². The molecule has 17 heavy (non-hydrogen) atoms. The Morgan fingerprint density at radius 3 is 2.76 bits per heavy atom. The minimum Gasteiger partial charge on any atom is -0.387 e. The number of thiazole rings is 1. The van der Waals surface area contributed by atoms with Crippen LogP contribution in [0.4, 0.5) is 0 Å². The van der Waals surface area contributed by atoms with Gasteiger partial charge in [-0.05, 0) is 12.5 Å². The van der Waals surface area contributed by atoms with Crippen molar-refractivity contribution in [3.63, 3.8) is 0 Å². The van der Waals surface area contributed by atoms with E-state index < -0.39 is 6.10 Å². The fraction of sp³-hybridized carbons (Fsp3) is 0.308. The van der Waals surface area contributed by atoms with Gasteiger partial charge in [0.05, 0.1) is 17.3 Å². The summed E-state index contributed by atoms with van der Waals surface area (Å²) in [6.45, 7) is 3.28. The molecule has 90 valence electrons. The van der Waals surface area contributed by atoms with Crippen LogP contribution in [0, 0.1) is 6.92 Å². The van der Waals surface area contributed by atoms with E-state index in [0.717, 1.165) is 11.3 Å². The summed E-state index contributed by atoms with van der Waals surface area (Å²) in [5.41, 5.74) is 4.98. The maximum Gasteiger partial charge on any atom is 0.0914 e. The van der Waals surface area contributed by atoms with Crippen LogP contribution in [0.2, 0.25) is 0 Å². The number of nitrogens with zero attached hydrogens (tertiary/aromatic N) is 1. The van der Waals surface area contributed by atoms with E-state index in [1.807, 2.05) is 42.1 Å². The van der Waals surface area contributed by atoms with Gasteiger partial charge in [-0.3, -0.25) is 0 Å². The van der Waals surface area contributed by atoms with Gasteiger partial charge >= 0.3 is 0 Å². The molecule has 0 aliphatic heterocycles. The minimum atomic E-state index is -0.464. The molecule has 3 nitrogen and oxygen atoms in total. The Morgan fingerprint density at radius 2 is 2.12 bits per heavy atom. The number of aliphatic hydroxyl groups excluding tert-OH is 1. The van der Waals surface area contributed by atoms with Crippen LogP contribution >= 0.6 is 11.3 Å². The topological polar surface area (TPSA) is 45.1 Å². The maximum absolute atomic E-state index is 9.96. The normalized spacial score (nSPS) is 12.6. The highest BCUT2D eigenvalue weighted by molar-refractivity contribution is 7.07. The van der Waals surface area contributed by atoms with Crippen LogP contribution in [0.5, 0.6) is 0 Å². The first-order valence-electron chi connectivity index (χ1n) is 5.58. The molecular formula is C13H16N2OS. The number of nitrogens with one attached hydrogen (secondary N) is 1. The number of hydrogen-bond donors (Lipinski definition) is 2. The van der Waals surface area contributed by atoms with Gasteiger partial charge in [0.25, 0.3) is 0 Å². The van der Waals surface area contributed by atoms with Crippen molar-refractivity contribution in [3.05, 3.63) is 52.0 Å². The van der Waals surface area contributed by atoms with E-state index in [1.165, 1.54) is 5.56 Å². The number of hydrogen-bond acceptors (Lipinski definition) is 4. The lowest BCUT2D eigenvalue weighted by molar-refractivity contribution is 0.174. The molecule has 0 aliphatic carbocycles. The summed E-state index contributed by atoms with van der Waals surface area (Å²) in [5.74, 6) is 0. The van der Waals surface area contributed by atoms with E-state index in [0.29, 0.717) is 13.1 Å². The number of aryl methyl sites for hydroxylation is 1. The van der Waals surface area contributed by atoms with Crippen LogP contribution < -0.4 is 5.32 Å². The van der Waals surface area contributed by atoms with Crippen molar-refractivity contribution in [3.8, 4) is 0 Å². The van der Waals surface area contributed by atoms with E-state index >= 15 is 0 Å². The zero-order valence-electron chi connectivity index (χ0n) is 9.76. The molecule has 4 heteroatoms. The number of benzene rings is 1. The first-order valence-corrected chi connectivity index (χ1v) is 6.52. The predicted octanol–water partition coefficient (Wildman–Crippen LogP) is 2.27. The van der Waals surface area contributed by atoms with Gasteiger partial charge in [-0.1, -0.05) is 29.8 Å². The zero-order chi connectivity index (χ0) is 12.1. The Morgan fingerprint density at radius 1 is 1.35 bits per heavy atom. The SMILES string of the molecule is Cc1ccc(C(O)CNCc2cscn2)cc1. The summed E-state index contributed by atoms with van der Waals surface area (Å²) >= 11 is 1.58. The molecular weight excluding hydrogens is 232 g/mol. The average molecular weight is 248 g/mol. The molecule has 0 radical (unpaired) electrons. The Labute approximate surface area is 105 Å². The molecule has 0 aliphatic rings. The minimum absolute atomic E-state index is 0.464. The van der Waals surface area contributed by atoms with Gasteiger partial charge in [-0.25, -0.2) is 4.98 Å². The molecule has 1 atom stereocenters. The Hall–Kier alpha value is -1.23. The maximum atomic E-state index is 9.96. The van der Waals surface area contributed by atoms with Gasteiger partial charge < -0.3 is 10.4 Å². The first kappa shape index (κ1) is 12.2. The van der Waals surface area contributed by atoms with Crippen molar-refractivity contribution in [2.24, 2.45) is 0 Å². The van der Waals surface area contributed by atoms with Crippen molar-refractivity contribution < 1.29 is 5.11 Å². The Balaban J connectivity index is 1.81. The molecule has 1 aromatic heterocycles. The molecule has 0 amide bonds. The third-order valence-corrected chi connectivity index (χ3v) is 3.22. The molecule has 0 bridgehead atoms. The molecule has 0 saturated heterocycles. The molecule has 1 heterocycles. The average Bonchev–Trinajstić information content (AvgIpc) is 2.83. The quantitative estimate of drug-likeness (QED) is 0.853. The second-order valence-corrected chi connectivity index (χ2v) is 4.76. The summed E-state index contributed by atoms with van der Waals surface area (Å²) in [7, 11) is 0. The number of rotatable bonds is 5. The molecule has 1 unspecified atom stereocenters. The number of aromatic nitrogens is 1. The van der Waals surface area contributed by atoms with Crippen LogP contribution in [0.15, 0.2) is 35.2 Å². The lowest BCUT2D eigenvalue weighted by Gasteiger charge is -2.11. The van der Waals surface area contributed by atoms with Gasteiger partial charge in [0.1, 0.15) is 0 Å².